The molecule has 1 aliphatic heterocycles. The van der Waals surface area contributed by atoms with Crippen LogP contribution in [-0.2, 0) is 11.2 Å². The number of phenols is 2. The van der Waals surface area contributed by atoms with Crippen LogP contribution < -0.4 is 5.32 Å². The first-order valence-corrected chi connectivity index (χ1v) is 4.49. The highest BCUT2D eigenvalue weighted by molar-refractivity contribution is 5.86. The van der Waals surface area contributed by atoms with Crippen molar-refractivity contribution >= 4 is 11.7 Å². The minimum Gasteiger partial charge on any atom is -0.504 e. The lowest BCUT2D eigenvalue weighted by Crippen LogP contribution is -2.41. The number of carboxylic acid groups (broad SMARTS) is 1. The van der Waals surface area contributed by atoms with Crippen molar-refractivity contribution in [2.75, 3.05) is 5.32 Å². The molecular weight excluding hydrogens is 198 g/mol. The van der Waals surface area contributed by atoms with E-state index in [1.54, 1.807) is 6.92 Å². The number of phenolic OH excluding ortho intramolecular Hbond substituents is 2. The van der Waals surface area contributed by atoms with E-state index in [0.717, 1.165) is 0 Å². The van der Waals surface area contributed by atoms with Crippen LogP contribution in [0.3, 0.4) is 0 Å². The highest BCUT2D eigenvalue weighted by Gasteiger charge is 2.39. The molecule has 2 rings (SSSR count). The summed E-state index contributed by atoms with van der Waals surface area (Å²) in [5.41, 5.74) is 0.174. The normalized spacial score (nSPS) is 23.3. The summed E-state index contributed by atoms with van der Waals surface area (Å²) >= 11 is 0. The van der Waals surface area contributed by atoms with Gasteiger partial charge in [-0.25, -0.2) is 4.79 Å². The van der Waals surface area contributed by atoms with E-state index >= 15 is 0 Å². The zero-order valence-corrected chi connectivity index (χ0v) is 8.11. The smallest absolute Gasteiger partial charge is 0.329 e. The van der Waals surface area contributed by atoms with E-state index < -0.39 is 11.5 Å². The minimum absolute atomic E-state index is 0.231. The van der Waals surface area contributed by atoms with Gasteiger partial charge in [-0.1, -0.05) is 0 Å². The summed E-state index contributed by atoms with van der Waals surface area (Å²) in [5, 5.41) is 30.3. The Morgan fingerprint density at radius 2 is 2.00 bits per heavy atom. The average molecular weight is 209 g/mol. The van der Waals surface area contributed by atoms with Crippen LogP contribution in [-0.4, -0.2) is 26.8 Å². The highest BCUT2D eigenvalue weighted by Crippen LogP contribution is 2.39. The molecule has 1 atom stereocenters. The molecule has 0 saturated carbocycles. The maximum atomic E-state index is 11.0. The van der Waals surface area contributed by atoms with Crippen LogP contribution in [0, 0.1) is 0 Å². The summed E-state index contributed by atoms with van der Waals surface area (Å²) in [6, 6.07) is 2.71. The van der Waals surface area contributed by atoms with Gasteiger partial charge in [0, 0.05) is 18.2 Å². The van der Waals surface area contributed by atoms with Crippen molar-refractivity contribution in [3.8, 4) is 11.5 Å². The largest absolute Gasteiger partial charge is 0.504 e. The second-order valence-corrected chi connectivity index (χ2v) is 3.94. The number of benzene rings is 1. The molecule has 0 radical (unpaired) electrons. The quantitative estimate of drug-likeness (QED) is 0.407. The molecule has 1 aromatic rings. The molecule has 4 N–H and O–H groups in total. The van der Waals surface area contributed by atoms with Gasteiger partial charge in [0.25, 0.3) is 0 Å². The Morgan fingerprint density at radius 3 is 2.60 bits per heavy atom. The van der Waals surface area contributed by atoms with Gasteiger partial charge in [0.05, 0.1) is 0 Å². The molecule has 0 saturated heterocycles. The summed E-state index contributed by atoms with van der Waals surface area (Å²) in [5.74, 6) is -1.45. The van der Waals surface area contributed by atoms with Crippen LogP contribution in [0.4, 0.5) is 5.69 Å². The summed E-state index contributed by atoms with van der Waals surface area (Å²) in [7, 11) is 0. The van der Waals surface area contributed by atoms with E-state index in [2.05, 4.69) is 5.32 Å². The molecule has 5 nitrogen and oxygen atoms in total. The number of carbonyl (C=O) groups is 1. The summed E-state index contributed by atoms with van der Waals surface area (Å²) in [4.78, 5) is 11.0. The molecule has 1 aliphatic rings. The van der Waals surface area contributed by atoms with Crippen LogP contribution in [0.5, 0.6) is 11.5 Å². The number of rotatable bonds is 1. The highest BCUT2D eigenvalue weighted by atomic mass is 16.4. The molecule has 0 aliphatic carbocycles. The Bertz CT molecular complexity index is 410. The van der Waals surface area contributed by atoms with Gasteiger partial charge in [-0.2, -0.15) is 0 Å². The zero-order chi connectivity index (χ0) is 11.2. The van der Waals surface area contributed by atoms with Crippen molar-refractivity contribution in [3.63, 3.8) is 0 Å². The summed E-state index contributed by atoms with van der Waals surface area (Å²) in [6.45, 7) is 1.56. The zero-order valence-electron chi connectivity index (χ0n) is 8.11. The van der Waals surface area contributed by atoms with E-state index in [9.17, 15) is 15.0 Å². The maximum absolute atomic E-state index is 11.0. The fourth-order valence-corrected chi connectivity index (χ4v) is 1.73. The van der Waals surface area contributed by atoms with Crippen molar-refractivity contribution in [2.45, 2.75) is 18.9 Å². The predicted molar refractivity (Wildman–Crippen MR) is 53.1 cm³/mol. The van der Waals surface area contributed by atoms with E-state index in [1.165, 1.54) is 12.1 Å². The molecule has 0 unspecified atom stereocenters. The van der Waals surface area contributed by atoms with Crippen molar-refractivity contribution in [1.82, 2.24) is 0 Å². The number of carboxylic acids is 1. The first-order chi connectivity index (χ1) is 6.92. The predicted octanol–water partition coefficient (Wildman–Crippen LogP) is 0.909. The van der Waals surface area contributed by atoms with Gasteiger partial charge in [0.2, 0.25) is 0 Å². The van der Waals surface area contributed by atoms with Gasteiger partial charge < -0.3 is 20.6 Å². The van der Waals surface area contributed by atoms with Crippen LogP contribution in [0.1, 0.15) is 12.5 Å². The van der Waals surface area contributed by atoms with E-state index in [4.69, 9.17) is 5.11 Å². The Labute approximate surface area is 86.0 Å². The minimum atomic E-state index is -1.07. The molecule has 0 fully saturated rings. The number of hydrogen-bond acceptors (Lipinski definition) is 4. The standard InChI is InChI=1S/C10H11NO4/c1-10(9(14)15)4-5-2-7(12)8(13)3-6(5)11-10/h2-3,11-13H,4H2,1H3,(H,14,15)/t10-/m0/s1. The average Bonchev–Trinajstić information content (AvgIpc) is 2.43. The first kappa shape index (κ1) is 9.64. The van der Waals surface area contributed by atoms with Crippen molar-refractivity contribution < 1.29 is 20.1 Å². The Morgan fingerprint density at radius 1 is 1.40 bits per heavy atom. The fourth-order valence-electron chi connectivity index (χ4n) is 1.73. The van der Waals surface area contributed by atoms with Gasteiger partial charge in [-0.15, -0.1) is 0 Å². The number of anilines is 1. The van der Waals surface area contributed by atoms with Crippen LogP contribution >= 0.6 is 0 Å². The van der Waals surface area contributed by atoms with E-state index in [1.807, 2.05) is 0 Å². The molecule has 5 heteroatoms. The third-order valence-electron chi connectivity index (χ3n) is 2.63. The molecule has 1 aromatic carbocycles. The molecule has 15 heavy (non-hydrogen) atoms. The van der Waals surface area contributed by atoms with E-state index in [-0.39, 0.29) is 17.9 Å². The Balaban J connectivity index is 2.43. The monoisotopic (exact) mass is 209 g/mol. The lowest BCUT2D eigenvalue weighted by molar-refractivity contribution is -0.141. The molecule has 0 aromatic heterocycles. The number of aliphatic carboxylic acids is 1. The van der Waals surface area contributed by atoms with Gasteiger partial charge in [-0.3, -0.25) is 0 Å². The van der Waals surface area contributed by atoms with E-state index in [0.29, 0.717) is 11.3 Å². The topological polar surface area (TPSA) is 89.8 Å². The number of fused-ring (bicyclic) bond motifs is 1. The Hall–Kier alpha value is -1.91. The van der Waals surface area contributed by atoms with Gasteiger partial charge in [0.15, 0.2) is 11.5 Å². The second kappa shape index (κ2) is 2.79. The first-order valence-electron chi connectivity index (χ1n) is 4.49. The van der Waals surface area contributed by atoms with Crippen LogP contribution in [0.2, 0.25) is 0 Å². The Kier molecular flexibility index (Phi) is 1.79. The third-order valence-corrected chi connectivity index (χ3v) is 2.63. The summed E-state index contributed by atoms with van der Waals surface area (Å²) < 4.78 is 0. The molecule has 0 amide bonds. The van der Waals surface area contributed by atoms with Crippen LogP contribution in [0.25, 0.3) is 0 Å². The number of hydrogen-bond donors (Lipinski definition) is 4. The van der Waals surface area contributed by atoms with Crippen LogP contribution in [0.15, 0.2) is 12.1 Å². The number of aromatic hydroxyl groups is 2. The third kappa shape index (κ3) is 1.36. The fraction of sp³-hybridized carbons (Fsp3) is 0.300. The molecule has 80 valence electrons. The maximum Gasteiger partial charge on any atom is 0.329 e. The SMILES string of the molecule is C[C@@]1(C(=O)O)Cc2cc(O)c(O)cc2N1. The molecular formula is C10H11NO4. The van der Waals surface area contributed by atoms with Gasteiger partial charge in [0.1, 0.15) is 5.54 Å². The molecule has 0 spiro atoms. The lowest BCUT2D eigenvalue weighted by Gasteiger charge is -2.18. The summed E-state index contributed by atoms with van der Waals surface area (Å²) in [6.07, 6.45) is 0.283. The lowest BCUT2D eigenvalue weighted by atomic mass is 9.98. The van der Waals surface area contributed by atoms with Gasteiger partial charge >= 0.3 is 5.97 Å². The number of nitrogens with one attached hydrogen (secondary N) is 1. The second-order valence-electron chi connectivity index (χ2n) is 3.94. The van der Waals surface area contributed by atoms with Crippen molar-refractivity contribution in [1.29, 1.82) is 0 Å². The molecule has 0 bridgehead atoms. The van der Waals surface area contributed by atoms with Crippen molar-refractivity contribution in [2.24, 2.45) is 0 Å². The van der Waals surface area contributed by atoms with Gasteiger partial charge in [-0.05, 0) is 18.6 Å². The van der Waals surface area contributed by atoms with Crippen molar-refractivity contribution in [3.05, 3.63) is 17.7 Å². The molecule has 1 heterocycles.